The first-order valence-electron chi connectivity index (χ1n) is 7.55. The van der Waals surface area contributed by atoms with Crippen LogP contribution in [0.5, 0.6) is 0 Å². The van der Waals surface area contributed by atoms with Gasteiger partial charge in [0.1, 0.15) is 5.82 Å². The van der Waals surface area contributed by atoms with Crippen LogP contribution in [0.2, 0.25) is 0 Å². The molecule has 0 bridgehead atoms. The Labute approximate surface area is 117 Å². The molecule has 19 heavy (non-hydrogen) atoms. The van der Waals surface area contributed by atoms with Crippen molar-refractivity contribution in [1.82, 2.24) is 14.9 Å². The van der Waals surface area contributed by atoms with Gasteiger partial charge >= 0.3 is 0 Å². The summed E-state index contributed by atoms with van der Waals surface area (Å²) in [7, 11) is 2.06. The molecule has 0 radical (unpaired) electrons. The zero-order valence-corrected chi connectivity index (χ0v) is 12.7. The molecule has 1 heterocycles. The lowest BCUT2D eigenvalue weighted by molar-refractivity contribution is 0.123. The van der Waals surface area contributed by atoms with Crippen molar-refractivity contribution >= 4 is 0 Å². The first-order valence-corrected chi connectivity index (χ1v) is 7.55. The lowest BCUT2D eigenvalue weighted by atomic mass is 10.1. The fourth-order valence-corrected chi connectivity index (χ4v) is 2.11. The largest absolute Gasteiger partial charge is 0.381 e. The molecule has 4 nitrogen and oxygen atoms in total. The van der Waals surface area contributed by atoms with Crippen molar-refractivity contribution in [3.05, 3.63) is 18.2 Å². The first kappa shape index (κ1) is 16.2. The molecular formula is C15H29N3O. The molecule has 0 aliphatic heterocycles. The van der Waals surface area contributed by atoms with Gasteiger partial charge in [-0.2, -0.15) is 0 Å². The number of nitrogens with one attached hydrogen (secondary N) is 1. The molecule has 0 aliphatic rings. The average Bonchev–Trinajstić information content (AvgIpc) is 2.82. The van der Waals surface area contributed by atoms with E-state index >= 15 is 0 Å². The predicted octanol–water partition coefficient (Wildman–Crippen LogP) is 2.54. The number of nitrogens with zero attached hydrogens (tertiary/aromatic N) is 2. The maximum atomic E-state index is 5.59. The Morgan fingerprint density at radius 3 is 2.74 bits per heavy atom. The Morgan fingerprint density at radius 2 is 2.11 bits per heavy atom. The molecule has 0 spiro atoms. The van der Waals surface area contributed by atoms with E-state index in [1.165, 1.54) is 6.42 Å². The van der Waals surface area contributed by atoms with Crippen LogP contribution in [0.1, 0.15) is 45.4 Å². The summed E-state index contributed by atoms with van der Waals surface area (Å²) in [6.07, 6.45) is 9.39. The molecule has 0 fully saturated rings. The molecule has 0 saturated carbocycles. The maximum Gasteiger partial charge on any atom is 0.108 e. The Morgan fingerprint density at radius 1 is 1.26 bits per heavy atom. The molecule has 1 N–H and O–H groups in total. The van der Waals surface area contributed by atoms with Crippen molar-refractivity contribution in [1.29, 1.82) is 0 Å². The zero-order chi connectivity index (χ0) is 13.9. The topological polar surface area (TPSA) is 39.1 Å². The number of ether oxygens (including phenoxy) is 1. The standard InChI is InChI=1S/C15H29N3O/c1-4-9-16-14(8-13-19-12-5-2)6-7-15-17-10-11-18(15)3/h10-11,14,16H,4-9,12-13H2,1-3H3. The number of aryl methyl sites for hydroxylation is 2. The maximum absolute atomic E-state index is 5.59. The van der Waals surface area contributed by atoms with Crippen molar-refractivity contribution in [2.75, 3.05) is 19.8 Å². The van der Waals surface area contributed by atoms with Crippen LogP contribution in [0.15, 0.2) is 12.4 Å². The van der Waals surface area contributed by atoms with E-state index in [2.05, 4.69) is 35.8 Å². The molecular weight excluding hydrogens is 238 g/mol. The predicted molar refractivity (Wildman–Crippen MR) is 79.3 cm³/mol. The van der Waals surface area contributed by atoms with Gasteiger partial charge in [-0.15, -0.1) is 0 Å². The van der Waals surface area contributed by atoms with E-state index in [9.17, 15) is 0 Å². The number of aromatic nitrogens is 2. The Bertz CT molecular complexity index is 325. The van der Waals surface area contributed by atoms with Gasteiger partial charge in [0.05, 0.1) is 0 Å². The Balaban J connectivity index is 2.29. The van der Waals surface area contributed by atoms with Gasteiger partial charge in [-0.05, 0) is 32.2 Å². The van der Waals surface area contributed by atoms with Crippen LogP contribution < -0.4 is 5.32 Å². The molecule has 1 aromatic heterocycles. The van der Waals surface area contributed by atoms with Crippen LogP contribution in [-0.4, -0.2) is 35.4 Å². The van der Waals surface area contributed by atoms with Crippen molar-refractivity contribution in [2.24, 2.45) is 7.05 Å². The van der Waals surface area contributed by atoms with Crippen LogP contribution >= 0.6 is 0 Å². The summed E-state index contributed by atoms with van der Waals surface area (Å²) in [6, 6.07) is 0.536. The third-order valence-electron chi connectivity index (χ3n) is 3.28. The van der Waals surface area contributed by atoms with Gasteiger partial charge in [0, 0.05) is 45.1 Å². The normalized spacial score (nSPS) is 12.8. The lowest BCUT2D eigenvalue weighted by Gasteiger charge is -2.18. The second-order valence-electron chi connectivity index (χ2n) is 5.05. The van der Waals surface area contributed by atoms with Crippen molar-refractivity contribution in [2.45, 2.75) is 52.0 Å². The van der Waals surface area contributed by atoms with Crippen LogP contribution in [-0.2, 0) is 18.2 Å². The molecule has 1 aromatic rings. The van der Waals surface area contributed by atoms with E-state index in [0.717, 1.165) is 51.3 Å². The summed E-state index contributed by atoms with van der Waals surface area (Å²) in [4.78, 5) is 4.38. The minimum absolute atomic E-state index is 0.536. The van der Waals surface area contributed by atoms with Gasteiger partial charge in [0.2, 0.25) is 0 Å². The van der Waals surface area contributed by atoms with Crippen LogP contribution in [0, 0.1) is 0 Å². The quantitative estimate of drug-likeness (QED) is 0.626. The van der Waals surface area contributed by atoms with Crippen molar-refractivity contribution < 1.29 is 4.74 Å². The summed E-state index contributed by atoms with van der Waals surface area (Å²) in [5, 5.41) is 3.61. The smallest absolute Gasteiger partial charge is 0.108 e. The number of rotatable bonds is 11. The molecule has 0 saturated heterocycles. The highest BCUT2D eigenvalue weighted by Crippen LogP contribution is 2.06. The van der Waals surface area contributed by atoms with Crippen LogP contribution in [0.25, 0.3) is 0 Å². The van der Waals surface area contributed by atoms with Gasteiger partial charge in [-0.3, -0.25) is 0 Å². The van der Waals surface area contributed by atoms with Gasteiger partial charge < -0.3 is 14.6 Å². The van der Waals surface area contributed by atoms with Gasteiger partial charge in [-0.1, -0.05) is 13.8 Å². The molecule has 110 valence electrons. The second kappa shape index (κ2) is 9.98. The summed E-state index contributed by atoms with van der Waals surface area (Å²) in [6.45, 7) is 7.17. The summed E-state index contributed by atoms with van der Waals surface area (Å²) in [5.41, 5.74) is 0. The fraction of sp³-hybridized carbons (Fsp3) is 0.800. The van der Waals surface area contributed by atoms with Crippen LogP contribution in [0.3, 0.4) is 0 Å². The molecule has 0 aromatic carbocycles. The van der Waals surface area contributed by atoms with E-state index in [1.807, 2.05) is 12.4 Å². The fourth-order valence-electron chi connectivity index (χ4n) is 2.11. The van der Waals surface area contributed by atoms with Crippen molar-refractivity contribution in [3.8, 4) is 0 Å². The minimum Gasteiger partial charge on any atom is -0.381 e. The van der Waals surface area contributed by atoms with E-state index in [4.69, 9.17) is 4.74 Å². The van der Waals surface area contributed by atoms with E-state index in [1.54, 1.807) is 0 Å². The summed E-state index contributed by atoms with van der Waals surface area (Å²) in [5.74, 6) is 1.16. The number of imidazole rings is 1. The minimum atomic E-state index is 0.536. The molecule has 1 unspecified atom stereocenters. The highest BCUT2D eigenvalue weighted by molar-refractivity contribution is 4.92. The second-order valence-corrected chi connectivity index (χ2v) is 5.05. The van der Waals surface area contributed by atoms with Crippen molar-refractivity contribution in [3.63, 3.8) is 0 Å². The number of hydrogen-bond acceptors (Lipinski definition) is 3. The van der Waals surface area contributed by atoms with Gasteiger partial charge in [-0.25, -0.2) is 4.98 Å². The van der Waals surface area contributed by atoms with E-state index in [0.29, 0.717) is 6.04 Å². The average molecular weight is 267 g/mol. The monoisotopic (exact) mass is 267 g/mol. The third-order valence-corrected chi connectivity index (χ3v) is 3.28. The molecule has 1 rings (SSSR count). The molecule has 0 amide bonds. The molecule has 4 heteroatoms. The van der Waals surface area contributed by atoms with Crippen LogP contribution in [0.4, 0.5) is 0 Å². The third kappa shape index (κ3) is 6.73. The summed E-state index contributed by atoms with van der Waals surface area (Å²) < 4.78 is 7.69. The van der Waals surface area contributed by atoms with E-state index in [-0.39, 0.29) is 0 Å². The lowest BCUT2D eigenvalue weighted by Crippen LogP contribution is -2.31. The highest BCUT2D eigenvalue weighted by Gasteiger charge is 2.09. The highest BCUT2D eigenvalue weighted by atomic mass is 16.5. The van der Waals surface area contributed by atoms with Gasteiger partial charge in [0.15, 0.2) is 0 Å². The summed E-state index contributed by atoms with van der Waals surface area (Å²) >= 11 is 0. The molecule has 1 atom stereocenters. The zero-order valence-electron chi connectivity index (χ0n) is 12.7. The Hall–Kier alpha value is -0.870. The SMILES string of the molecule is CCCNC(CCOCCC)CCc1nccn1C. The van der Waals surface area contributed by atoms with E-state index < -0.39 is 0 Å². The molecule has 0 aliphatic carbocycles. The van der Waals surface area contributed by atoms with Gasteiger partial charge in [0.25, 0.3) is 0 Å². The number of hydrogen-bond donors (Lipinski definition) is 1. The first-order chi connectivity index (χ1) is 9.27. The Kier molecular flexibility index (Phi) is 8.50.